The Morgan fingerprint density at radius 3 is 2.41 bits per heavy atom. The van der Waals surface area contributed by atoms with Gasteiger partial charge in [-0.15, -0.1) is 0 Å². The van der Waals surface area contributed by atoms with Gasteiger partial charge in [0.2, 0.25) is 10.0 Å². The molecule has 0 aromatic heterocycles. The second-order valence-corrected chi connectivity index (χ2v) is 9.10. The molecule has 1 heterocycles. The van der Waals surface area contributed by atoms with Crippen LogP contribution in [0, 0.1) is 0 Å². The first-order valence-electron chi connectivity index (χ1n) is 8.53. The van der Waals surface area contributed by atoms with Gasteiger partial charge >= 0.3 is 0 Å². The normalized spacial score (nSPS) is 16.9. The minimum absolute atomic E-state index is 0.0198. The Morgan fingerprint density at radius 2 is 1.78 bits per heavy atom. The predicted molar refractivity (Wildman–Crippen MR) is 106 cm³/mol. The lowest BCUT2D eigenvalue weighted by Crippen LogP contribution is -2.44. The third-order valence-electron chi connectivity index (χ3n) is 4.94. The molecule has 1 saturated heterocycles. The fourth-order valence-electron chi connectivity index (χ4n) is 3.27. The van der Waals surface area contributed by atoms with Crippen LogP contribution in [0.5, 0.6) is 5.75 Å². The minimum Gasteiger partial charge on any atom is -0.497 e. The first-order chi connectivity index (χ1) is 12.9. The number of rotatable bonds is 6. The molecule has 2 aromatic rings. The summed E-state index contributed by atoms with van der Waals surface area (Å²) in [5.74, 6) is 0.757. The largest absolute Gasteiger partial charge is 0.497 e. The van der Waals surface area contributed by atoms with Crippen molar-refractivity contribution in [2.45, 2.75) is 23.2 Å². The molecule has 3 rings (SSSR count). The highest BCUT2D eigenvalue weighted by atomic mass is 35.5. The molecule has 27 heavy (non-hydrogen) atoms. The molecule has 0 amide bonds. The van der Waals surface area contributed by atoms with E-state index in [1.807, 2.05) is 24.3 Å². The highest BCUT2D eigenvalue weighted by molar-refractivity contribution is 7.89. The molecule has 0 unspecified atom stereocenters. The minimum atomic E-state index is -3.80. The molecule has 146 valence electrons. The first-order valence-corrected chi connectivity index (χ1v) is 10.8. The fourth-order valence-corrected chi connectivity index (χ4v) is 5.16. The van der Waals surface area contributed by atoms with E-state index in [2.05, 4.69) is 4.72 Å². The SMILES string of the molecule is COc1ccc(C2(CNS(=O)(=O)c3cc(Cl)ccc3Cl)CCOCC2)cc1. The maximum absolute atomic E-state index is 12.8. The van der Waals surface area contributed by atoms with Crippen molar-refractivity contribution >= 4 is 33.2 Å². The van der Waals surface area contributed by atoms with Gasteiger partial charge in [0.15, 0.2) is 0 Å². The third kappa shape index (κ3) is 4.58. The smallest absolute Gasteiger partial charge is 0.242 e. The zero-order chi connectivity index (χ0) is 19.5. The maximum Gasteiger partial charge on any atom is 0.242 e. The first kappa shape index (κ1) is 20.4. The average Bonchev–Trinajstić information content (AvgIpc) is 2.69. The molecule has 1 aliphatic rings. The third-order valence-corrected chi connectivity index (χ3v) is 7.05. The molecular formula is C19H21Cl2NO4S. The predicted octanol–water partition coefficient (Wildman–Crippen LogP) is 4.03. The average molecular weight is 430 g/mol. The zero-order valence-electron chi connectivity index (χ0n) is 14.9. The summed E-state index contributed by atoms with van der Waals surface area (Å²) in [4.78, 5) is -0.0198. The Kier molecular flexibility index (Phi) is 6.33. The van der Waals surface area contributed by atoms with E-state index in [0.717, 1.165) is 11.3 Å². The van der Waals surface area contributed by atoms with Crippen LogP contribution in [0.1, 0.15) is 18.4 Å². The quantitative estimate of drug-likeness (QED) is 0.752. The molecule has 1 aliphatic heterocycles. The van der Waals surface area contributed by atoms with Gasteiger partial charge in [-0.3, -0.25) is 0 Å². The van der Waals surface area contributed by atoms with Crippen molar-refractivity contribution in [1.82, 2.24) is 4.72 Å². The van der Waals surface area contributed by atoms with Gasteiger partial charge in [-0.05, 0) is 48.7 Å². The lowest BCUT2D eigenvalue weighted by Gasteiger charge is -2.38. The molecule has 0 atom stereocenters. The summed E-state index contributed by atoms with van der Waals surface area (Å²) < 4.78 is 39.1. The topological polar surface area (TPSA) is 64.6 Å². The number of ether oxygens (including phenoxy) is 2. The van der Waals surface area contributed by atoms with Crippen LogP contribution in [0.25, 0.3) is 0 Å². The molecular weight excluding hydrogens is 409 g/mol. The van der Waals surface area contributed by atoms with Gasteiger partial charge in [-0.1, -0.05) is 35.3 Å². The lowest BCUT2D eigenvalue weighted by atomic mass is 9.74. The number of methoxy groups -OCH3 is 1. The van der Waals surface area contributed by atoms with Crippen molar-refractivity contribution in [1.29, 1.82) is 0 Å². The second kappa shape index (κ2) is 8.37. The van der Waals surface area contributed by atoms with Crippen LogP contribution in [0.4, 0.5) is 0 Å². The Labute approximate surface area is 169 Å². The summed E-state index contributed by atoms with van der Waals surface area (Å²) in [5.41, 5.74) is 0.689. The lowest BCUT2D eigenvalue weighted by molar-refractivity contribution is 0.0517. The number of hydrogen-bond acceptors (Lipinski definition) is 4. The van der Waals surface area contributed by atoms with E-state index < -0.39 is 10.0 Å². The molecule has 1 fully saturated rings. The Hall–Kier alpha value is -1.31. The van der Waals surface area contributed by atoms with Gasteiger partial charge in [0.1, 0.15) is 10.6 Å². The Balaban J connectivity index is 1.87. The summed E-state index contributed by atoms with van der Waals surface area (Å²) in [7, 11) is -2.19. The zero-order valence-corrected chi connectivity index (χ0v) is 17.2. The summed E-state index contributed by atoms with van der Waals surface area (Å²) in [6.45, 7) is 1.39. The van der Waals surface area contributed by atoms with E-state index in [1.165, 1.54) is 12.1 Å². The van der Waals surface area contributed by atoms with Crippen LogP contribution in [-0.2, 0) is 20.2 Å². The van der Waals surface area contributed by atoms with Crippen molar-refractivity contribution in [3.8, 4) is 5.75 Å². The van der Waals surface area contributed by atoms with Crippen LogP contribution < -0.4 is 9.46 Å². The van der Waals surface area contributed by atoms with E-state index in [-0.39, 0.29) is 21.9 Å². The van der Waals surface area contributed by atoms with E-state index in [9.17, 15) is 8.42 Å². The standard InChI is InChI=1S/C19H21Cl2NO4S/c1-25-16-5-2-14(3-6-16)19(8-10-26-11-9-19)13-22-27(23,24)18-12-15(20)4-7-17(18)21/h2-7,12,22H,8-11,13H2,1H3. The van der Waals surface area contributed by atoms with E-state index in [0.29, 0.717) is 31.1 Å². The maximum atomic E-state index is 12.8. The molecule has 5 nitrogen and oxygen atoms in total. The molecule has 0 radical (unpaired) electrons. The summed E-state index contributed by atoms with van der Waals surface area (Å²) in [6, 6.07) is 12.1. The van der Waals surface area contributed by atoms with E-state index in [1.54, 1.807) is 13.2 Å². The van der Waals surface area contributed by atoms with Crippen molar-refractivity contribution in [3.63, 3.8) is 0 Å². The molecule has 0 saturated carbocycles. The summed E-state index contributed by atoms with van der Waals surface area (Å²) >= 11 is 12.0. The van der Waals surface area contributed by atoms with Crippen molar-refractivity contribution in [2.24, 2.45) is 0 Å². The number of nitrogens with one attached hydrogen (secondary N) is 1. The highest BCUT2D eigenvalue weighted by Gasteiger charge is 2.36. The molecule has 8 heteroatoms. The molecule has 1 N–H and O–H groups in total. The number of hydrogen-bond donors (Lipinski definition) is 1. The summed E-state index contributed by atoms with van der Waals surface area (Å²) in [5, 5.41) is 0.452. The summed E-state index contributed by atoms with van der Waals surface area (Å²) in [6.07, 6.45) is 1.43. The number of benzene rings is 2. The van der Waals surface area contributed by atoms with Crippen LogP contribution >= 0.6 is 23.2 Å². The van der Waals surface area contributed by atoms with Crippen LogP contribution in [0.2, 0.25) is 10.0 Å². The van der Waals surface area contributed by atoms with Gasteiger partial charge in [-0.25, -0.2) is 13.1 Å². The number of sulfonamides is 1. The van der Waals surface area contributed by atoms with Crippen LogP contribution in [-0.4, -0.2) is 35.3 Å². The van der Waals surface area contributed by atoms with E-state index in [4.69, 9.17) is 32.7 Å². The molecule has 0 spiro atoms. The van der Waals surface area contributed by atoms with Crippen molar-refractivity contribution < 1.29 is 17.9 Å². The Morgan fingerprint density at radius 1 is 1.11 bits per heavy atom. The van der Waals surface area contributed by atoms with Crippen LogP contribution in [0.15, 0.2) is 47.4 Å². The van der Waals surface area contributed by atoms with Gasteiger partial charge in [0.25, 0.3) is 0 Å². The van der Waals surface area contributed by atoms with Crippen molar-refractivity contribution in [2.75, 3.05) is 26.9 Å². The molecule has 0 aliphatic carbocycles. The van der Waals surface area contributed by atoms with Gasteiger partial charge in [0, 0.05) is 30.2 Å². The second-order valence-electron chi connectivity index (χ2n) is 6.52. The van der Waals surface area contributed by atoms with Gasteiger partial charge in [-0.2, -0.15) is 0 Å². The molecule has 2 aromatic carbocycles. The van der Waals surface area contributed by atoms with Crippen LogP contribution in [0.3, 0.4) is 0 Å². The van der Waals surface area contributed by atoms with E-state index >= 15 is 0 Å². The van der Waals surface area contributed by atoms with Gasteiger partial charge < -0.3 is 9.47 Å². The fraction of sp³-hybridized carbons (Fsp3) is 0.368. The Bertz CT molecular complexity index is 894. The number of halogens is 2. The molecule has 0 bridgehead atoms. The highest BCUT2D eigenvalue weighted by Crippen LogP contribution is 2.36. The van der Waals surface area contributed by atoms with Gasteiger partial charge in [0.05, 0.1) is 12.1 Å². The van der Waals surface area contributed by atoms with Crippen molar-refractivity contribution in [3.05, 3.63) is 58.1 Å². The monoisotopic (exact) mass is 429 g/mol.